The number of hydrogen-bond acceptors (Lipinski definition) is 9. The number of esters is 1. The quantitative estimate of drug-likeness (QED) is 0.211. The highest BCUT2D eigenvalue weighted by Gasteiger charge is 2.29. The Balaban J connectivity index is 1.61. The van der Waals surface area contributed by atoms with Crippen LogP contribution in [-0.4, -0.2) is 47.8 Å². The molecule has 2 aromatic heterocycles. The first-order valence-electron chi connectivity index (χ1n) is 12.9. The molecule has 0 saturated carbocycles. The van der Waals surface area contributed by atoms with Gasteiger partial charge in [0.2, 0.25) is 5.91 Å². The number of anilines is 2. The number of benzene rings is 1. The van der Waals surface area contributed by atoms with E-state index in [1.807, 2.05) is 56.3 Å². The molecule has 0 bridgehead atoms. The van der Waals surface area contributed by atoms with E-state index >= 15 is 0 Å². The average molecular weight is 566 g/mol. The number of nitriles is 1. The number of thioether (sulfide) groups is 1. The summed E-state index contributed by atoms with van der Waals surface area (Å²) in [7, 11) is 3.85. The van der Waals surface area contributed by atoms with Crippen molar-refractivity contribution in [1.29, 1.82) is 5.26 Å². The SMILES string of the molecule is CCOC(=O)c1c(NC(=O)[C@@H](CC)Sc2nc(-c3ccc(N(C)C)cc3)c(C#N)c(=O)[nH]2)sc2c1CCCC2. The second-order valence-electron chi connectivity index (χ2n) is 9.29. The van der Waals surface area contributed by atoms with Gasteiger partial charge in [0.1, 0.15) is 16.6 Å². The van der Waals surface area contributed by atoms with Crippen molar-refractivity contribution in [3.63, 3.8) is 0 Å². The molecule has 1 aliphatic carbocycles. The summed E-state index contributed by atoms with van der Waals surface area (Å²) in [5, 5.41) is 12.7. The molecule has 3 aromatic rings. The smallest absolute Gasteiger partial charge is 0.341 e. The summed E-state index contributed by atoms with van der Waals surface area (Å²) < 4.78 is 5.30. The molecule has 39 heavy (non-hydrogen) atoms. The summed E-state index contributed by atoms with van der Waals surface area (Å²) in [5.74, 6) is -0.716. The Hall–Kier alpha value is -3.62. The standard InChI is InChI=1S/C28H31N5O4S2/c1-5-20(25(35)31-26-22(27(36)37-6-2)18-9-7-8-10-21(18)38-26)39-28-30-23(19(15-29)24(34)32-28)16-11-13-17(14-12-16)33(3)4/h11-14,20H,5-10H2,1-4H3,(H,31,35)(H,30,32,34)/t20-/m1/s1. The molecular formula is C28H31N5O4S2. The number of ether oxygens (including phenoxy) is 1. The number of aromatic amines is 1. The number of carbonyl (C=O) groups is 2. The van der Waals surface area contributed by atoms with Crippen molar-refractivity contribution in [1.82, 2.24) is 9.97 Å². The average Bonchev–Trinajstić information content (AvgIpc) is 3.29. The third-order valence-corrected chi connectivity index (χ3v) is 8.93. The molecule has 1 aromatic carbocycles. The van der Waals surface area contributed by atoms with Crippen molar-refractivity contribution in [2.45, 2.75) is 56.4 Å². The molecule has 2 heterocycles. The van der Waals surface area contributed by atoms with Crippen molar-refractivity contribution < 1.29 is 14.3 Å². The van der Waals surface area contributed by atoms with Gasteiger partial charge in [-0.25, -0.2) is 9.78 Å². The zero-order valence-electron chi connectivity index (χ0n) is 22.4. The summed E-state index contributed by atoms with van der Waals surface area (Å²) in [6.45, 7) is 3.88. The van der Waals surface area contributed by atoms with Gasteiger partial charge in [-0.2, -0.15) is 5.26 Å². The highest BCUT2D eigenvalue weighted by molar-refractivity contribution is 8.00. The van der Waals surface area contributed by atoms with E-state index in [9.17, 15) is 19.6 Å². The molecule has 0 unspecified atom stereocenters. The van der Waals surface area contributed by atoms with Crippen molar-refractivity contribution in [2.24, 2.45) is 0 Å². The number of fused-ring (bicyclic) bond motifs is 1. The summed E-state index contributed by atoms with van der Waals surface area (Å²) in [6.07, 6.45) is 4.16. The van der Waals surface area contributed by atoms with E-state index in [4.69, 9.17) is 4.74 Å². The van der Waals surface area contributed by atoms with Crippen LogP contribution in [0.15, 0.2) is 34.2 Å². The molecule has 2 N–H and O–H groups in total. The maximum atomic E-state index is 13.4. The zero-order chi connectivity index (χ0) is 28.1. The minimum Gasteiger partial charge on any atom is -0.462 e. The number of carbonyl (C=O) groups excluding carboxylic acids is 2. The fourth-order valence-electron chi connectivity index (χ4n) is 4.46. The summed E-state index contributed by atoms with van der Waals surface area (Å²) in [4.78, 5) is 49.2. The molecule has 1 amide bonds. The molecule has 1 aliphatic rings. The van der Waals surface area contributed by atoms with E-state index in [-0.39, 0.29) is 28.9 Å². The number of amides is 1. The Morgan fingerprint density at radius 3 is 2.59 bits per heavy atom. The molecule has 9 nitrogen and oxygen atoms in total. The van der Waals surface area contributed by atoms with Gasteiger partial charge in [0, 0.05) is 30.2 Å². The predicted molar refractivity (Wildman–Crippen MR) is 155 cm³/mol. The van der Waals surface area contributed by atoms with Crippen LogP contribution < -0.4 is 15.8 Å². The number of hydrogen-bond donors (Lipinski definition) is 2. The molecular weight excluding hydrogens is 534 g/mol. The molecule has 0 spiro atoms. The number of nitrogens with one attached hydrogen (secondary N) is 2. The van der Waals surface area contributed by atoms with Crippen LogP contribution in [0.4, 0.5) is 10.7 Å². The van der Waals surface area contributed by atoms with Gasteiger partial charge in [0.05, 0.1) is 23.1 Å². The number of aromatic nitrogens is 2. The van der Waals surface area contributed by atoms with Gasteiger partial charge in [0.25, 0.3) is 5.56 Å². The van der Waals surface area contributed by atoms with E-state index in [0.29, 0.717) is 22.5 Å². The lowest BCUT2D eigenvalue weighted by atomic mass is 9.95. The van der Waals surface area contributed by atoms with Crippen LogP contribution in [0.3, 0.4) is 0 Å². The lowest BCUT2D eigenvalue weighted by Gasteiger charge is -2.16. The highest BCUT2D eigenvalue weighted by atomic mass is 32.2. The fourth-order valence-corrected chi connectivity index (χ4v) is 6.64. The molecule has 0 radical (unpaired) electrons. The largest absolute Gasteiger partial charge is 0.462 e. The van der Waals surface area contributed by atoms with Gasteiger partial charge in [0.15, 0.2) is 5.16 Å². The number of nitrogens with zero attached hydrogens (tertiary/aromatic N) is 3. The van der Waals surface area contributed by atoms with Gasteiger partial charge in [-0.05, 0) is 56.7 Å². The molecule has 0 aliphatic heterocycles. The lowest BCUT2D eigenvalue weighted by Crippen LogP contribution is -2.26. The van der Waals surface area contributed by atoms with Gasteiger partial charge < -0.3 is 19.9 Å². The Morgan fingerprint density at radius 2 is 1.95 bits per heavy atom. The van der Waals surface area contributed by atoms with Crippen molar-refractivity contribution >= 4 is 45.7 Å². The van der Waals surface area contributed by atoms with E-state index in [0.717, 1.165) is 53.6 Å². The molecule has 11 heteroatoms. The fraction of sp³-hybridized carbons (Fsp3) is 0.393. The Kier molecular flexibility index (Phi) is 9.09. The third kappa shape index (κ3) is 6.18. The van der Waals surface area contributed by atoms with Gasteiger partial charge in [-0.15, -0.1) is 11.3 Å². The zero-order valence-corrected chi connectivity index (χ0v) is 24.1. The monoisotopic (exact) mass is 565 g/mol. The van der Waals surface area contributed by atoms with Crippen LogP contribution in [0, 0.1) is 11.3 Å². The first-order valence-corrected chi connectivity index (χ1v) is 14.6. The Morgan fingerprint density at radius 1 is 1.23 bits per heavy atom. The van der Waals surface area contributed by atoms with Crippen LogP contribution in [0.25, 0.3) is 11.3 Å². The maximum absolute atomic E-state index is 13.4. The number of H-pyrrole nitrogens is 1. The van der Waals surface area contributed by atoms with Gasteiger partial charge >= 0.3 is 5.97 Å². The first kappa shape index (κ1) is 28.4. The van der Waals surface area contributed by atoms with E-state index in [1.54, 1.807) is 6.92 Å². The molecule has 0 saturated heterocycles. The van der Waals surface area contributed by atoms with Crippen molar-refractivity contribution in [2.75, 3.05) is 30.9 Å². The molecule has 1 atom stereocenters. The normalized spacial score (nSPS) is 13.2. The summed E-state index contributed by atoms with van der Waals surface area (Å²) in [5.41, 5.74) is 2.65. The summed E-state index contributed by atoms with van der Waals surface area (Å²) >= 11 is 2.55. The Bertz CT molecular complexity index is 1470. The van der Waals surface area contributed by atoms with Crippen LogP contribution in [0.5, 0.6) is 0 Å². The van der Waals surface area contributed by atoms with E-state index in [2.05, 4.69) is 15.3 Å². The van der Waals surface area contributed by atoms with Crippen LogP contribution in [-0.2, 0) is 22.4 Å². The Labute approximate surface area is 235 Å². The van der Waals surface area contributed by atoms with Gasteiger partial charge in [-0.3, -0.25) is 9.59 Å². The molecule has 204 valence electrons. The van der Waals surface area contributed by atoms with Crippen LogP contribution >= 0.6 is 23.1 Å². The highest BCUT2D eigenvalue weighted by Crippen LogP contribution is 2.39. The van der Waals surface area contributed by atoms with Crippen LogP contribution in [0.2, 0.25) is 0 Å². The maximum Gasteiger partial charge on any atom is 0.341 e. The van der Waals surface area contributed by atoms with Crippen molar-refractivity contribution in [3.8, 4) is 17.3 Å². The first-order chi connectivity index (χ1) is 18.8. The van der Waals surface area contributed by atoms with Gasteiger partial charge in [-0.1, -0.05) is 30.8 Å². The number of aryl methyl sites for hydroxylation is 1. The molecule has 4 rings (SSSR count). The summed E-state index contributed by atoms with van der Waals surface area (Å²) in [6, 6.07) is 9.35. The number of thiophene rings is 1. The third-order valence-electron chi connectivity index (χ3n) is 6.47. The second kappa shape index (κ2) is 12.5. The minimum absolute atomic E-state index is 0.0855. The topological polar surface area (TPSA) is 128 Å². The van der Waals surface area contributed by atoms with Crippen LogP contribution in [0.1, 0.15) is 59.5 Å². The second-order valence-corrected chi connectivity index (χ2v) is 11.6. The predicted octanol–water partition coefficient (Wildman–Crippen LogP) is 5.00. The molecule has 0 fully saturated rings. The van der Waals surface area contributed by atoms with E-state index < -0.39 is 16.8 Å². The minimum atomic E-state index is -0.598. The number of rotatable bonds is 9. The lowest BCUT2D eigenvalue weighted by molar-refractivity contribution is -0.115. The van der Waals surface area contributed by atoms with Crippen molar-refractivity contribution in [3.05, 3.63) is 56.2 Å². The van der Waals surface area contributed by atoms with E-state index in [1.165, 1.54) is 11.3 Å².